The van der Waals surface area contributed by atoms with Crippen molar-refractivity contribution in [3.05, 3.63) is 34.1 Å². The summed E-state index contributed by atoms with van der Waals surface area (Å²) in [4.78, 5) is 11.5. The van der Waals surface area contributed by atoms with Gasteiger partial charge in [0.15, 0.2) is 0 Å². The number of benzene rings is 1. The third-order valence-corrected chi connectivity index (χ3v) is 3.68. The number of carbonyl (C=O) groups is 1. The first-order valence-corrected chi connectivity index (χ1v) is 6.43. The molecule has 0 radical (unpaired) electrons. The molecule has 0 heterocycles. The van der Waals surface area contributed by atoms with Gasteiger partial charge in [-0.15, -0.1) is 0 Å². The molecule has 1 aromatic rings. The number of carbonyl (C=O) groups excluding carboxylic acids is 1. The molecule has 0 unspecified atom stereocenters. The average molecular weight is 285 g/mol. The fourth-order valence-corrected chi connectivity index (χ4v) is 2.24. The molecular formula is C13H14BrFO. The lowest BCUT2D eigenvalue weighted by Crippen LogP contribution is -2.01. The molecule has 1 aliphatic carbocycles. The van der Waals surface area contributed by atoms with Crippen molar-refractivity contribution in [2.75, 3.05) is 0 Å². The Balaban J connectivity index is 1.84. The lowest BCUT2D eigenvalue weighted by atomic mass is 10.0. The summed E-state index contributed by atoms with van der Waals surface area (Å²) in [6, 6.07) is 4.68. The number of rotatable bonds is 5. The maximum Gasteiger partial charge on any atom is 0.135 e. The van der Waals surface area contributed by atoms with Gasteiger partial charge >= 0.3 is 0 Å². The largest absolute Gasteiger partial charge is 0.299 e. The van der Waals surface area contributed by atoms with Gasteiger partial charge in [0.1, 0.15) is 11.6 Å². The molecule has 1 aliphatic rings. The minimum Gasteiger partial charge on any atom is -0.299 e. The molecule has 0 N–H and O–H groups in total. The normalized spacial score (nSPS) is 15.1. The first kappa shape index (κ1) is 11.8. The first-order chi connectivity index (χ1) is 7.66. The van der Waals surface area contributed by atoms with E-state index in [4.69, 9.17) is 0 Å². The van der Waals surface area contributed by atoms with Gasteiger partial charge in [0, 0.05) is 16.8 Å². The minimum absolute atomic E-state index is 0.216. The summed E-state index contributed by atoms with van der Waals surface area (Å²) in [5.41, 5.74) is 0.948. The molecule has 1 nitrogen and oxygen atoms in total. The van der Waals surface area contributed by atoms with Crippen LogP contribution in [0.2, 0.25) is 0 Å². The third kappa shape index (κ3) is 3.14. The van der Waals surface area contributed by atoms with Gasteiger partial charge in [0.2, 0.25) is 0 Å². The van der Waals surface area contributed by atoms with Crippen LogP contribution in [0.25, 0.3) is 0 Å². The molecule has 0 amide bonds. The van der Waals surface area contributed by atoms with Crippen LogP contribution in [0.5, 0.6) is 0 Å². The van der Waals surface area contributed by atoms with Crippen molar-refractivity contribution in [2.24, 2.45) is 5.92 Å². The highest BCUT2D eigenvalue weighted by atomic mass is 79.9. The van der Waals surface area contributed by atoms with Crippen LogP contribution in [-0.2, 0) is 11.2 Å². The fourth-order valence-electron chi connectivity index (χ4n) is 1.80. The summed E-state index contributed by atoms with van der Waals surface area (Å²) in [5.74, 6) is 0.509. The second-order valence-electron chi connectivity index (χ2n) is 4.33. The Morgan fingerprint density at radius 2 is 2.19 bits per heavy atom. The van der Waals surface area contributed by atoms with Crippen molar-refractivity contribution in [3.63, 3.8) is 0 Å². The number of hydrogen-bond donors (Lipinski definition) is 0. The molecule has 16 heavy (non-hydrogen) atoms. The van der Waals surface area contributed by atoms with Gasteiger partial charge in [-0.3, -0.25) is 4.79 Å². The molecule has 0 saturated heterocycles. The van der Waals surface area contributed by atoms with Gasteiger partial charge in [0.05, 0.1) is 0 Å². The van der Waals surface area contributed by atoms with Crippen LogP contribution in [0.4, 0.5) is 4.39 Å². The lowest BCUT2D eigenvalue weighted by Gasteiger charge is -2.04. The van der Waals surface area contributed by atoms with E-state index < -0.39 is 0 Å². The Labute approximate surface area is 103 Å². The molecule has 0 bridgehead atoms. The quantitative estimate of drug-likeness (QED) is 0.802. The highest BCUT2D eigenvalue weighted by Crippen LogP contribution is 2.31. The van der Waals surface area contributed by atoms with E-state index in [2.05, 4.69) is 15.9 Å². The molecule has 1 saturated carbocycles. The smallest absolute Gasteiger partial charge is 0.135 e. The highest BCUT2D eigenvalue weighted by Gasteiger charge is 2.28. The van der Waals surface area contributed by atoms with Crippen LogP contribution in [0.3, 0.4) is 0 Å². The number of Topliss-reactive ketones (excluding diaryl/α,β-unsaturated/α-hetero) is 1. The van der Waals surface area contributed by atoms with Crippen molar-refractivity contribution < 1.29 is 9.18 Å². The summed E-state index contributed by atoms with van der Waals surface area (Å²) in [5, 5.41) is 0. The van der Waals surface area contributed by atoms with Crippen molar-refractivity contribution in [3.8, 4) is 0 Å². The SMILES string of the molecule is O=C(CCCc1cc(F)ccc1Br)C1CC1. The molecule has 0 aromatic heterocycles. The van der Waals surface area contributed by atoms with Crippen LogP contribution in [0, 0.1) is 11.7 Å². The topological polar surface area (TPSA) is 17.1 Å². The van der Waals surface area contributed by atoms with E-state index >= 15 is 0 Å². The minimum atomic E-state index is -0.216. The van der Waals surface area contributed by atoms with Crippen molar-refractivity contribution in [1.82, 2.24) is 0 Å². The Morgan fingerprint density at radius 1 is 1.44 bits per heavy atom. The van der Waals surface area contributed by atoms with Crippen LogP contribution < -0.4 is 0 Å². The predicted molar refractivity (Wildman–Crippen MR) is 64.8 cm³/mol. The van der Waals surface area contributed by atoms with Crippen LogP contribution in [0.15, 0.2) is 22.7 Å². The summed E-state index contributed by atoms with van der Waals surface area (Å²) in [7, 11) is 0. The zero-order valence-corrected chi connectivity index (χ0v) is 10.6. The van der Waals surface area contributed by atoms with Crippen LogP contribution in [-0.4, -0.2) is 5.78 Å². The number of hydrogen-bond acceptors (Lipinski definition) is 1. The molecule has 0 spiro atoms. The van der Waals surface area contributed by atoms with Crippen LogP contribution in [0.1, 0.15) is 31.2 Å². The summed E-state index contributed by atoms with van der Waals surface area (Å²) in [6.07, 6.45) is 4.35. The maximum absolute atomic E-state index is 13.0. The van der Waals surface area contributed by atoms with E-state index in [1.54, 1.807) is 6.07 Å². The molecule has 86 valence electrons. The standard InChI is InChI=1S/C13H14BrFO/c14-12-7-6-11(15)8-10(12)2-1-3-13(16)9-4-5-9/h6-9H,1-5H2. The molecular weight excluding hydrogens is 271 g/mol. The second-order valence-corrected chi connectivity index (χ2v) is 5.18. The molecule has 0 aliphatic heterocycles. The van der Waals surface area contributed by atoms with Gasteiger partial charge < -0.3 is 0 Å². The van der Waals surface area contributed by atoms with Gasteiger partial charge in [-0.05, 0) is 49.4 Å². The Hall–Kier alpha value is -0.700. The van der Waals surface area contributed by atoms with Crippen LogP contribution >= 0.6 is 15.9 Å². The Kier molecular flexibility index (Phi) is 3.74. The van der Waals surface area contributed by atoms with E-state index in [9.17, 15) is 9.18 Å². The first-order valence-electron chi connectivity index (χ1n) is 5.63. The number of aryl methyl sites for hydroxylation is 1. The van der Waals surface area contributed by atoms with E-state index in [-0.39, 0.29) is 5.82 Å². The average Bonchev–Trinajstić information content (AvgIpc) is 3.06. The molecule has 2 rings (SSSR count). The zero-order chi connectivity index (χ0) is 11.5. The lowest BCUT2D eigenvalue weighted by molar-refractivity contribution is -0.120. The Morgan fingerprint density at radius 3 is 2.88 bits per heavy atom. The maximum atomic E-state index is 13.0. The molecule has 1 aromatic carbocycles. The van der Waals surface area contributed by atoms with E-state index in [1.807, 2.05) is 0 Å². The predicted octanol–water partition coefficient (Wildman–Crippen LogP) is 3.89. The van der Waals surface area contributed by atoms with Gasteiger partial charge in [-0.25, -0.2) is 4.39 Å². The van der Waals surface area contributed by atoms with Crippen molar-refractivity contribution >= 4 is 21.7 Å². The highest BCUT2D eigenvalue weighted by molar-refractivity contribution is 9.10. The van der Waals surface area contributed by atoms with Gasteiger partial charge in [0.25, 0.3) is 0 Å². The van der Waals surface area contributed by atoms with E-state index in [0.717, 1.165) is 35.7 Å². The van der Waals surface area contributed by atoms with Crippen molar-refractivity contribution in [2.45, 2.75) is 32.1 Å². The third-order valence-electron chi connectivity index (χ3n) is 2.91. The van der Waals surface area contributed by atoms with E-state index in [0.29, 0.717) is 18.1 Å². The number of halogens is 2. The van der Waals surface area contributed by atoms with E-state index in [1.165, 1.54) is 12.1 Å². The summed E-state index contributed by atoms with van der Waals surface area (Å²) in [6.45, 7) is 0. The Bertz CT molecular complexity index is 399. The molecule has 0 atom stereocenters. The molecule has 1 fully saturated rings. The zero-order valence-electron chi connectivity index (χ0n) is 9.01. The second kappa shape index (κ2) is 5.09. The van der Waals surface area contributed by atoms with Crippen molar-refractivity contribution in [1.29, 1.82) is 0 Å². The summed E-state index contributed by atoms with van der Waals surface area (Å²) < 4.78 is 13.9. The monoisotopic (exact) mass is 284 g/mol. The fraction of sp³-hybridized carbons (Fsp3) is 0.462. The molecule has 3 heteroatoms. The summed E-state index contributed by atoms with van der Waals surface area (Å²) >= 11 is 3.39. The van der Waals surface area contributed by atoms with Gasteiger partial charge in [-0.2, -0.15) is 0 Å². The van der Waals surface area contributed by atoms with Gasteiger partial charge in [-0.1, -0.05) is 15.9 Å². The number of ketones is 1.